The summed E-state index contributed by atoms with van der Waals surface area (Å²) in [6, 6.07) is 5.92. The molecule has 4 atom stereocenters. The Balaban J connectivity index is 2.22. The van der Waals surface area contributed by atoms with Gasteiger partial charge in [0.15, 0.2) is 12.3 Å². The molecule has 1 aliphatic heterocycles. The number of nitrogens with one attached hydrogen (secondary N) is 1. The maximum atomic E-state index is 11.4. The third kappa shape index (κ3) is 5.37. The maximum absolute atomic E-state index is 11.4. The molecule has 12 nitrogen and oxygen atoms in total. The highest BCUT2D eigenvalue weighted by Crippen LogP contribution is 2.28. The standard InChI is InChI=1S/C16H18N2O10/c1-8(19)25-12-13(26-9(2)20)15(28-16(21)22)27-14(12)17-7-10-5-3-4-6-11(10)18(23)24/h3-6,12-15,17H,7H2,1-2H3,(H,21,22)/t12-,13+,14-,15-/m1/s1. The van der Waals surface area contributed by atoms with Gasteiger partial charge < -0.3 is 24.1 Å². The first kappa shape index (κ1) is 21.1. The fraction of sp³-hybridized carbons (Fsp3) is 0.438. The minimum absolute atomic E-state index is 0.0772. The van der Waals surface area contributed by atoms with Crippen LogP contribution in [-0.4, -0.2) is 52.8 Å². The van der Waals surface area contributed by atoms with Crippen molar-refractivity contribution < 1.29 is 43.4 Å². The van der Waals surface area contributed by atoms with Gasteiger partial charge in [-0.15, -0.1) is 0 Å². The second-order valence-electron chi connectivity index (χ2n) is 5.72. The van der Waals surface area contributed by atoms with Crippen LogP contribution < -0.4 is 5.32 Å². The van der Waals surface area contributed by atoms with Crippen molar-refractivity contribution in [2.24, 2.45) is 0 Å². The number of nitrogens with zero attached hydrogens (tertiary/aromatic N) is 1. The maximum Gasteiger partial charge on any atom is 0.508 e. The number of ether oxygens (including phenoxy) is 4. The van der Waals surface area contributed by atoms with E-state index in [0.29, 0.717) is 5.56 Å². The third-order valence-corrected chi connectivity index (χ3v) is 3.67. The molecule has 1 saturated heterocycles. The Bertz CT molecular complexity index is 768. The Morgan fingerprint density at radius 1 is 1.14 bits per heavy atom. The fourth-order valence-electron chi connectivity index (χ4n) is 2.67. The quantitative estimate of drug-likeness (QED) is 0.290. The van der Waals surface area contributed by atoms with Crippen LogP contribution in [0.1, 0.15) is 19.4 Å². The third-order valence-electron chi connectivity index (χ3n) is 3.67. The Morgan fingerprint density at radius 2 is 1.75 bits per heavy atom. The van der Waals surface area contributed by atoms with E-state index in [0.717, 1.165) is 13.8 Å². The lowest BCUT2D eigenvalue weighted by Crippen LogP contribution is -2.45. The molecule has 152 valence electrons. The van der Waals surface area contributed by atoms with Crippen LogP contribution >= 0.6 is 0 Å². The van der Waals surface area contributed by atoms with Gasteiger partial charge in [0.1, 0.15) is 0 Å². The second kappa shape index (κ2) is 9.10. The number of hydrogen-bond donors (Lipinski definition) is 2. The Labute approximate surface area is 158 Å². The number of nitro benzene ring substituents is 1. The van der Waals surface area contributed by atoms with Gasteiger partial charge in [-0.1, -0.05) is 18.2 Å². The number of carboxylic acid groups (broad SMARTS) is 1. The first-order valence-corrected chi connectivity index (χ1v) is 8.04. The lowest BCUT2D eigenvalue weighted by atomic mass is 10.1. The van der Waals surface area contributed by atoms with Crippen LogP contribution in [0.4, 0.5) is 10.5 Å². The van der Waals surface area contributed by atoms with Gasteiger partial charge >= 0.3 is 18.1 Å². The zero-order valence-electron chi connectivity index (χ0n) is 14.9. The van der Waals surface area contributed by atoms with Crippen molar-refractivity contribution in [3.8, 4) is 0 Å². The number of para-hydroxylation sites is 1. The Kier molecular flexibility index (Phi) is 6.84. The molecular formula is C16H18N2O10. The van der Waals surface area contributed by atoms with Crippen molar-refractivity contribution in [1.29, 1.82) is 0 Å². The largest absolute Gasteiger partial charge is 0.508 e. The molecule has 0 aromatic heterocycles. The highest BCUT2D eigenvalue weighted by Gasteiger charge is 2.51. The average molecular weight is 398 g/mol. The molecule has 0 saturated carbocycles. The molecule has 0 bridgehead atoms. The zero-order valence-corrected chi connectivity index (χ0v) is 14.9. The molecule has 1 aromatic carbocycles. The van der Waals surface area contributed by atoms with Crippen LogP contribution in [0.5, 0.6) is 0 Å². The highest BCUT2D eigenvalue weighted by molar-refractivity contribution is 5.67. The van der Waals surface area contributed by atoms with Crippen LogP contribution in [0.3, 0.4) is 0 Å². The van der Waals surface area contributed by atoms with Gasteiger partial charge in [-0.05, 0) is 0 Å². The second-order valence-corrected chi connectivity index (χ2v) is 5.72. The predicted molar refractivity (Wildman–Crippen MR) is 88.8 cm³/mol. The summed E-state index contributed by atoms with van der Waals surface area (Å²) in [6.45, 7) is 2.11. The van der Waals surface area contributed by atoms with Crippen LogP contribution in [0.25, 0.3) is 0 Å². The molecule has 1 aliphatic rings. The molecule has 0 amide bonds. The van der Waals surface area contributed by atoms with Crippen molar-refractivity contribution in [2.75, 3.05) is 0 Å². The smallest absolute Gasteiger partial charge is 0.454 e. The molecule has 1 fully saturated rings. The Hall–Kier alpha value is -3.25. The summed E-state index contributed by atoms with van der Waals surface area (Å²) in [5, 5.41) is 22.7. The first-order valence-electron chi connectivity index (χ1n) is 8.04. The number of benzene rings is 1. The Morgan fingerprint density at radius 3 is 2.32 bits per heavy atom. The topological polar surface area (TPSA) is 164 Å². The lowest BCUT2D eigenvalue weighted by Gasteiger charge is -2.23. The summed E-state index contributed by atoms with van der Waals surface area (Å²) < 4.78 is 20.1. The fourth-order valence-corrected chi connectivity index (χ4v) is 2.67. The molecule has 12 heteroatoms. The van der Waals surface area contributed by atoms with E-state index in [4.69, 9.17) is 19.3 Å². The molecular weight excluding hydrogens is 380 g/mol. The minimum Gasteiger partial charge on any atom is -0.454 e. The van der Waals surface area contributed by atoms with E-state index in [-0.39, 0.29) is 12.2 Å². The van der Waals surface area contributed by atoms with Gasteiger partial charge in [0.25, 0.3) is 5.69 Å². The van der Waals surface area contributed by atoms with Crippen molar-refractivity contribution >= 4 is 23.8 Å². The molecule has 0 spiro atoms. The van der Waals surface area contributed by atoms with Gasteiger partial charge in [0.2, 0.25) is 12.4 Å². The molecule has 28 heavy (non-hydrogen) atoms. The number of carbonyl (C=O) groups excluding carboxylic acids is 2. The number of hydrogen-bond acceptors (Lipinski definition) is 10. The average Bonchev–Trinajstić information content (AvgIpc) is 2.88. The van der Waals surface area contributed by atoms with Gasteiger partial charge in [-0.2, -0.15) is 0 Å². The molecule has 0 unspecified atom stereocenters. The van der Waals surface area contributed by atoms with E-state index in [1.165, 1.54) is 18.2 Å². The normalized spacial score (nSPS) is 23.6. The van der Waals surface area contributed by atoms with Crippen molar-refractivity contribution in [3.63, 3.8) is 0 Å². The predicted octanol–water partition coefficient (Wildman–Crippen LogP) is 0.925. The number of nitro groups is 1. The van der Waals surface area contributed by atoms with Gasteiger partial charge in [-0.3, -0.25) is 25.0 Å². The van der Waals surface area contributed by atoms with E-state index in [9.17, 15) is 24.5 Å². The summed E-state index contributed by atoms with van der Waals surface area (Å²) >= 11 is 0. The molecule has 1 aromatic rings. The van der Waals surface area contributed by atoms with Crippen molar-refractivity contribution in [2.45, 2.75) is 45.1 Å². The molecule has 0 aliphatic carbocycles. The summed E-state index contributed by atoms with van der Waals surface area (Å²) in [5.74, 6) is -1.51. The van der Waals surface area contributed by atoms with E-state index >= 15 is 0 Å². The lowest BCUT2D eigenvalue weighted by molar-refractivity contribution is -0.385. The van der Waals surface area contributed by atoms with Crippen LogP contribution in [0.2, 0.25) is 0 Å². The van der Waals surface area contributed by atoms with E-state index < -0.39 is 47.7 Å². The van der Waals surface area contributed by atoms with Crippen LogP contribution in [-0.2, 0) is 35.1 Å². The van der Waals surface area contributed by atoms with E-state index in [1.807, 2.05) is 0 Å². The molecule has 0 radical (unpaired) electrons. The number of carbonyl (C=O) groups is 3. The van der Waals surface area contributed by atoms with Gasteiger partial charge in [0.05, 0.1) is 4.92 Å². The van der Waals surface area contributed by atoms with E-state index in [2.05, 4.69) is 10.1 Å². The van der Waals surface area contributed by atoms with Crippen molar-refractivity contribution in [1.82, 2.24) is 5.32 Å². The van der Waals surface area contributed by atoms with Crippen LogP contribution in [0, 0.1) is 10.1 Å². The summed E-state index contributed by atoms with van der Waals surface area (Å²) in [4.78, 5) is 44.2. The summed E-state index contributed by atoms with van der Waals surface area (Å²) in [6.07, 6.45) is -7.01. The summed E-state index contributed by atoms with van der Waals surface area (Å²) in [7, 11) is 0. The first-order chi connectivity index (χ1) is 13.2. The van der Waals surface area contributed by atoms with Crippen molar-refractivity contribution in [3.05, 3.63) is 39.9 Å². The number of rotatable bonds is 7. The van der Waals surface area contributed by atoms with Crippen LogP contribution in [0.15, 0.2) is 24.3 Å². The van der Waals surface area contributed by atoms with Gasteiger partial charge in [-0.25, -0.2) is 4.79 Å². The highest BCUT2D eigenvalue weighted by atomic mass is 16.8. The number of esters is 2. The molecule has 2 N–H and O–H groups in total. The minimum atomic E-state index is -1.69. The zero-order chi connectivity index (χ0) is 20.8. The molecule has 1 heterocycles. The molecule has 2 rings (SSSR count). The van der Waals surface area contributed by atoms with Gasteiger partial charge in [0, 0.05) is 32.0 Å². The monoisotopic (exact) mass is 398 g/mol. The van der Waals surface area contributed by atoms with E-state index in [1.54, 1.807) is 6.07 Å². The summed E-state index contributed by atoms with van der Waals surface area (Å²) in [5.41, 5.74) is 0.163. The SMILES string of the molecule is CC(=O)O[C@@H]1[C@@H](OC(=O)O)O[C@@H](NCc2ccccc2[N+](=O)[O-])[C@@H]1OC(C)=O.